The van der Waals surface area contributed by atoms with E-state index in [2.05, 4.69) is 17.1 Å². The van der Waals surface area contributed by atoms with Crippen LogP contribution in [0.25, 0.3) is 0 Å². The highest BCUT2D eigenvalue weighted by molar-refractivity contribution is 5.15. The van der Waals surface area contributed by atoms with Crippen molar-refractivity contribution in [1.82, 2.24) is 10.2 Å². The molecule has 0 bridgehead atoms. The molecule has 0 amide bonds. The topological polar surface area (TPSA) is 15.3 Å². The SMILES string of the molecule is CCNC1CCN(Cc2ccc(F)cc2)CC1. The van der Waals surface area contributed by atoms with E-state index in [1.165, 1.54) is 18.4 Å². The Morgan fingerprint density at radius 3 is 2.47 bits per heavy atom. The van der Waals surface area contributed by atoms with Gasteiger partial charge in [-0.25, -0.2) is 4.39 Å². The van der Waals surface area contributed by atoms with Crippen LogP contribution in [0.4, 0.5) is 4.39 Å². The van der Waals surface area contributed by atoms with Crippen LogP contribution in [-0.4, -0.2) is 30.6 Å². The number of hydrogen-bond donors (Lipinski definition) is 1. The summed E-state index contributed by atoms with van der Waals surface area (Å²) in [5, 5.41) is 3.50. The van der Waals surface area contributed by atoms with Gasteiger partial charge >= 0.3 is 0 Å². The molecule has 0 saturated carbocycles. The Morgan fingerprint density at radius 2 is 1.88 bits per heavy atom. The first kappa shape index (κ1) is 12.5. The van der Waals surface area contributed by atoms with Crippen LogP contribution in [0.2, 0.25) is 0 Å². The number of likely N-dealkylation sites (tertiary alicyclic amines) is 1. The molecule has 0 atom stereocenters. The normalized spacial score (nSPS) is 18.5. The summed E-state index contributed by atoms with van der Waals surface area (Å²) in [6.45, 7) is 6.43. The van der Waals surface area contributed by atoms with Gasteiger partial charge in [0.2, 0.25) is 0 Å². The summed E-state index contributed by atoms with van der Waals surface area (Å²) in [6.07, 6.45) is 2.43. The van der Waals surface area contributed by atoms with E-state index in [1.807, 2.05) is 12.1 Å². The molecule has 1 saturated heterocycles. The van der Waals surface area contributed by atoms with Gasteiger partial charge in [-0.2, -0.15) is 0 Å². The molecule has 2 nitrogen and oxygen atoms in total. The minimum absolute atomic E-state index is 0.153. The van der Waals surface area contributed by atoms with Crippen molar-refractivity contribution in [2.24, 2.45) is 0 Å². The number of piperidine rings is 1. The predicted molar refractivity (Wildman–Crippen MR) is 68.4 cm³/mol. The third-order valence-corrected chi connectivity index (χ3v) is 3.40. The van der Waals surface area contributed by atoms with Gasteiger partial charge in [-0.15, -0.1) is 0 Å². The lowest BCUT2D eigenvalue weighted by atomic mass is 10.0. The molecule has 1 aliphatic rings. The lowest BCUT2D eigenvalue weighted by molar-refractivity contribution is 0.192. The predicted octanol–water partition coefficient (Wildman–Crippen LogP) is 2.40. The molecule has 94 valence electrons. The van der Waals surface area contributed by atoms with Crippen LogP contribution in [0.15, 0.2) is 24.3 Å². The smallest absolute Gasteiger partial charge is 0.123 e. The Kier molecular flexibility index (Phi) is 4.51. The van der Waals surface area contributed by atoms with Gasteiger partial charge < -0.3 is 5.32 Å². The standard InChI is InChI=1S/C14H21FN2/c1-2-16-14-7-9-17(10-8-14)11-12-3-5-13(15)6-4-12/h3-6,14,16H,2,7-11H2,1H3. The Balaban J connectivity index is 1.79. The Hall–Kier alpha value is -0.930. The highest BCUT2D eigenvalue weighted by Crippen LogP contribution is 2.14. The molecule has 2 rings (SSSR count). The van der Waals surface area contributed by atoms with Gasteiger partial charge in [0.15, 0.2) is 0 Å². The van der Waals surface area contributed by atoms with Gasteiger partial charge in [0, 0.05) is 12.6 Å². The van der Waals surface area contributed by atoms with Crippen molar-refractivity contribution >= 4 is 0 Å². The quantitative estimate of drug-likeness (QED) is 0.863. The fraction of sp³-hybridized carbons (Fsp3) is 0.571. The van der Waals surface area contributed by atoms with E-state index < -0.39 is 0 Å². The first-order valence-corrected chi connectivity index (χ1v) is 6.48. The van der Waals surface area contributed by atoms with Crippen molar-refractivity contribution in [3.05, 3.63) is 35.6 Å². The van der Waals surface area contributed by atoms with Crippen LogP contribution in [0.3, 0.4) is 0 Å². The second kappa shape index (κ2) is 6.12. The van der Waals surface area contributed by atoms with Gasteiger partial charge in [0.25, 0.3) is 0 Å². The van der Waals surface area contributed by atoms with Crippen molar-refractivity contribution < 1.29 is 4.39 Å². The second-order valence-electron chi connectivity index (χ2n) is 4.73. The van der Waals surface area contributed by atoms with Crippen LogP contribution in [-0.2, 0) is 6.54 Å². The summed E-state index contributed by atoms with van der Waals surface area (Å²) >= 11 is 0. The maximum absolute atomic E-state index is 12.8. The molecule has 1 heterocycles. The number of nitrogens with one attached hydrogen (secondary N) is 1. The summed E-state index contributed by atoms with van der Waals surface area (Å²) in [5.74, 6) is -0.153. The molecule has 1 N–H and O–H groups in total. The van der Waals surface area contributed by atoms with Crippen molar-refractivity contribution in [3.8, 4) is 0 Å². The molecule has 1 aromatic rings. The number of rotatable bonds is 4. The Morgan fingerprint density at radius 1 is 1.24 bits per heavy atom. The number of nitrogens with zero attached hydrogens (tertiary/aromatic N) is 1. The lowest BCUT2D eigenvalue weighted by Crippen LogP contribution is -2.42. The maximum atomic E-state index is 12.8. The van der Waals surface area contributed by atoms with Crippen LogP contribution in [0.1, 0.15) is 25.3 Å². The van der Waals surface area contributed by atoms with Gasteiger partial charge in [0.1, 0.15) is 5.82 Å². The minimum Gasteiger partial charge on any atom is -0.314 e. The number of hydrogen-bond acceptors (Lipinski definition) is 2. The second-order valence-corrected chi connectivity index (χ2v) is 4.73. The number of halogens is 1. The van der Waals surface area contributed by atoms with E-state index in [1.54, 1.807) is 12.1 Å². The molecule has 1 fully saturated rings. The van der Waals surface area contributed by atoms with E-state index >= 15 is 0 Å². The van der Waals surface area contributed by atoms with Crippen LogP contribution in [0.5, 0.6) is 0 Å². The Labute approximate surface area is 103 Å². The highest BCUT2D eigenvalue weighted by Gasteiger charge is 2.17. The first-order chi connectivity index (χ1) is 8.28. The molecule has 3 heteroatoms. The fourth-order valence-corrected chi connectivity index (χ4v) is 2.43. The highest BCUT2D eigenvalue weighted by atomic mass is 19.1. The third kappa shape index (κ3) is 3.79. The minimum atomic E-state index is -0.153. The van der Waals surface area contributed by atoms with Gasteiger partial charge in [-0.1, -0.05) is 19.1 Å². The summed E-state index contributed by atoms with van der Waals surface area (Å²) in [4.78, 5) is 2.45. The summed E-state index contributed by atoms with van der Waals surface area (Å²) < 4.78 is 12.8. The zero-order chi connectivity index (χ0) is 12.1. The molecule has 1 aromatic carbocycles. The average molecular weight is 236 g/mol. The fourth-order valence-electron chi connectivity index (χ4n) is 2.43. The average Bonchev–Trinajstić information content (AvgIpc) is 2.35. The summed E-state index contributed by atoms with van der Waals surface area (Å²) in [7, 11) is 0. The van der Waals surface area contributed by atoms with Gasteiger partial charge in [0.05, 0.1) is 0 Å². The third-order valence-electron chi connectivity index (χ3n) is 3.40. The van der Waals surface area contributed by atoms with E-state index in [0.29, 0.717) is 6.04 Å². The van der Waals surface area contributed by atoms with Crippen LogP contribution < -0.4 is 5.32 Å². The van der Waals surface area contributed by atoms with E-state index in [-0.39, 0.29) is 5.82 Å². The molecule has 17 heavy (non-hydrogen) atoms. The van der Waals surface area contributed by atoms with Crippen molar-refractivity contribution in [2.45, 2.75) is 32.4 Å². The van der Waals surface area contributed by atoms with Crippen molar-refractivity contribution in [1.29, 1.82) is 0 Å². The van der Waals surface area contributed by atoms with Crippen molar-refractivity contribution in [3.63, 3.8) is 0 Å². The summed E-state index contributed by atoms with van der Waals surface area (Å²) in [6, 6.07) is 7.53. The van der Waals surface area contributed by atoms with Gasteiger partial charge in [-0.3, -0.25) is 4.90 Å². The molecule has 0 radical (unpaired) electrons. The molecular weight excluding hydrogens is 215 g/mol. The lowest BCUT2D eigenvalue weighted by Gasteiger charge is -2.32. The number of benzene rings is 1. The first-order valence-electron chi connectivity index (χ1n) is 6.48. The zero-order valence-corrected chi connectivity index (χ0v) is 10.5. The van der Waals surface area contributed by atoms with E-state index in [9.17, 15) is 4.39 Å². The van der Waals surface area contributed by atoms with E-state index in [4.69, 9.17) is 0 Å². The van der Waals surface area contributed by atoms with Crippen LogP contribution >= 0.6 is 0 Å². The molecule has 0 spiro atoms. The summed E-state index contributed by atoms with van der Waals surface area (Å²) in [5.41, 5.74) is 1.20. The van der Waals surface area contributed by atoms with Crippen molar-refractivity contribution in [2.75, 3.05) is 19.6 Å². The molecule has 0 unspecified atom stereocenters. The van der Waals surface area contributed by atoms with Crippen LogP contribution in [0, 0.1) is 5.82 Å². The monoisotopic (exact) mass is 236 g/mol. The zero-order valence-electron chi connectivity index (χ0n) is 10.5. The molecule has 1 aliphatic heterocycles. The van der Waals surface area contributed by atoms with E-state index in [0.717, 1.165) is 26.2 Å². The molecule has 0 aliphatic carbocycles. The van der Waals surface area contributed by atoms with Gasteiger partial charge in [-0.05, 0) is 50.2 Å². The Bertz CT molecular complexity index is 329. The molecular formula is C14H21FN2. The largest absolute Gasteiger partial charge is 0.314 e. The maximum Gasteiger partial charge on any atom is 0.123 e. The molecule has 0 aromatic heterocycles.